The molecule has 0 N–H and O–H groups in total. The smallest absolute Gasteiger partial charge is 0.275 e. The number of hydrogen-bond donors (Lipinski definition) is 0. The predicted molar refractivity (Wildman–Crippen MR) is 39.3 cm³/mol. The Balaban J connectivity index is 3.33. The van der Waals surface area contributed by atoms with Gasteiger partial charge in [0, 0.05) is 6.20 Å². The first-order valence-corrected chi connectivity index (χ1v) is 3.64. The van der Waals surface area contributed by atoms with Crippen LogP contribution in [0.2, 0.25) is 0 Å². The number of halogens is 5. The fourth-order valence-electron chi connectivity index (χ4n) is 0.767. The Morgan fingerprint density at radius 1 is 1.36 bits per heavy atom. The molecule has 0 radical (unpaired) electrons. The molecule has 0 saturated carbocycles. The molecule has 1 heterocycles. The second kappa shape index (κ2) is 3.91. The van der Waals surface area contributed by atoms with Gasteiger partial charge in [-0.3, -0.25) is 9.78 Å². The summed E-state index contributed by atoms with van der Waals surface area (Å²) in [5.41, 5.74) is -2.21. The summed E-state index contributed by atoms with van der Waals surface area (Å²) in [7, 11) is 0. The summed E-state index contributed by atoms with van der Waals surface area (Å²) >= 11 is 4.84. The minimum atomic E-state index is -3.25. The number of carbonyl (C=O) groups excluding carboxylic acids is 1. The van der Waals surface area contributed by atoms with E-state index in [4.69, 9.17) is 11.6 Å². The molecule has 2 nitrogen and oxygen atoms in total. The van der Waals surface area contributed by atoms with Gasteiger partial charge in [-0.2, -0.15) is 0 Å². The zero-order valence-electron chi connectivity index (χ0n) is 6.40. The number of rotatable bonds is 2. The van der Waals surface area contributed by atoms with Crippen molar-refractivity contribution in [3.05, 3.63) is 29.1 Å². The van der Waals surface area contributed by atoms with E-state index < -0.39 is 34.6 Å². The molecule has 0 aromatic carbocycles. The van der Waals surface area contributed by atoms with Gasteiger partial charge >= 0.3 is 0 Å². The molecule has 1 aromatic heterocycles. The number of carbonyl (C=O) groups is 1. The van der Waals surface area contributed by atoms with Crippen molar-refractivity contribution in [3.63, 3.8) is 0 Å². The lowest BCUT2D eigenvalue weighted by Gasteiger charge is -2.03. The van der Waals surface area contributed by atoms with Crippen LogP contribution in [0.25, 0.3) is 0 Å². The molecule has 0 amide bonds. The highest BCUT2D eigenvalue weighted by Crippen LogP contribution is 2.23. The zero-order valence-corrected chi connectivity index (χ0v) is 7.16. The number of alkyl halides is 2. The van der Waals surface area contributed by atoms with Crippen LogP contribution in [0, 0.1) is 11.6 Å². The Morgan fingerprint density at radius 3 is 2.36 bits per heavy atom. The molecule has 7 heteroatoms. The maximum Gasteiger partial charge on any atom is 0.283 e. The van der Waals surface area contributed by atoms with Gasteiger partial charge in [0.15, 0.2) is 11.6 Å². The number of nitrogens with zero attached hydrogens (tertiary/aromatic N) is 1. The monoisotopic (exact) mass is 227 g/mol. The van der Waals surface area contributed by atoms with Crippen LogP contribution in [0.4, 0.5) is 17.6 Å². The fourth-order valence-corrected chi connectivity index (χ4v) is 0.899. The average molecular weight is 228 g/mol. The van der Waals surface area contributed by atoms with Gasteiger partial charge in [0.05, 0.1) is 5.56 Å². The topological polar surface area (TPSA) is 30.0 Å². The molecule has 1 aromatic rings. The summed E-state index contributed by atoms with van der Waals surface area (Å²) < 4.78 is 49.5. The number of aromatic nitrogens is 1. The highest BCUT2D eigenvalue weighted by atomic mass is 35.5. The van der Waals surface area contributed by atoms with E-state index in [0.717, 1.165) is 0 Å². The normalized spacial score (nSPS) is 10.7. The molecule has 14 heavy (non-hydrogen) atoms. The van der Waals surface area contributed by atoms with Gasteiger partial charge in [-0.1, -0.05) is 0 Å². The Hall–Kier alpha value is -1.17. The molecule has 0 spiro atoms. The Morgan fingerprint density at radius 2 is 1.93 bits per heavy atom. The van der Waals surface area contributed by atoms with Crippen LogP contribution in [0.1, 0.15) is 22.5 Å². The highest BCUT2D eigenvalue weighted by molar-refractivity contribution is 6.67. The minimum absolute atomic E-state index is 0.468. The minimum Gasteiger partial charge on any atom is -0.275 e. The first-order chi connectivity index (χ1) is 6.45. The van der Waals surface area contributed by atoms with Gasteiger partial charge in [0.1, 0.15) is 5.69 Å². The zero-order chi connectivity index (χ0) is 10.9. The van der Waals surface area contributed by atoms with Crippen LogP contribution >= 0.6 is 11.6 Å². The molecule has 0 unspecified atom stereocenters. The van der Waals surface area contributed by atoms with Gasteiger partial charge in [0.25, 0.3) is 11.7 Å². The molecule has 0 saturated heterocycles. The van der Waals surface area contributed by atoms with E-state index >= 15 is 0 Å². The lowest BCUT2D eigenvalue weighted by molar-refractivity contribution is 0.107. The third-order valence-corrected chi connectivity index (χ3v) is 1.61. The van der Waals surface area contributed by atoms with Crippen molar-refractivity contribution >= 4 is 16.8 Å². The van der Waals surface area contributed by atoms with E-state index in [1.807, 2.05) is 0 Å². The third kappa shape index (κ3) is 1.84. The lowest BCUT2D eigenvalue weighted by atomic mass is 10.2. The van der Waals surface area contributed by atoms with Gasteiger partial charge in [-0.25, -0.2) is 17.6 Å². The van der Waals surface area contributed by atoms with Gasteiger partial charge < -0.3 is 0 Å². The summed E-state index contributed by atoms with van der Waals surface area (Å²) in [6.07, 6.45) is -2.78. The van der Waals surface area contributed by atoms with E-state index in [1.54, 1.807) is 0 Å². The molecular formula is C7H2ClF4NO. The predicted octanol–water partition coefficient (Wildman–Crippen LogP) is 2.68. The van der Waals surface area contributed by atoms with E-state index in [2.05, 4.69) is 4.98 Å². The summed E-state index contributed by atoms with van der Waals surface area (Å²) in [6, 6.07) is 0. The van der Waals surface area contributed by atoms with Crippen molar-refractivity contribution in [3.8, 4) is 0 Å². The van der Waals surface area contributed by atoms with Crippen molar-refractivity contribution in [2.45, 2.75) is 6.43 Å². The Labute approximate surface area is 80.5 Å². The summed E-state index contributed by atoms with van der Waals surface area (Å²) in [5.74, 6) is -3.57. The maximum atomic E-state index is 12.8. The standard InChI is InChI=1S/C7H2ClF4NO/c8-6(14)2-1-13-5(7(11)12)4(10)3(2)9/h1,7H. The van der Waals surface area contributed by atoms with Crippen molar-refractivity contribution in [1.82, 2.24) is 4.98 Å². The van der Waals surface area contributed by atoms with Gasteiger partial charge in [-0.15, -0.1) is 0 Å². The van der Waals surface area contributed by atoms with Crippen molar-refractivity contribution in [1.29, 1.82) is 0 Å². The average Bonchev–Trinajstić information content (AvgIpc) is 2.08. The number of pyridine rings is 1. The van der Waals surface area contributed by atoms with Crippen LogP contribution in [-0.2, 0) is 0 Å². The van der Waals surface area contributed by atoms with Gasteiger partial charge in [-0.05, 0) is 11.6 Å². The molecular weight excluding hydrogens is 226 g/mol. The van der Waals surface area contributed by atoms with Gasteiger partial charge in [0.2, 0.25) is 0 Å². The van der Waals surface area contributed by atoms with Crippen molar-refractivity contribution in [2.24, 2.45) is 0 Å². The van der Waals surface area contributed by atoms with Crippen molar-refractivity contribution in [2.75, 3.05) is 0 Å². The molecule has 0 bridgehead atoms. The summed E-state index contributed by atoms with van der Waals surface area (Å²) in [5, 5.41) is -1.30. The first-order valence-electron chi connectivity index (χ1n) is 3.27. The summed E-state index contributed by atoms with van der Waals surface area (Å²) in [6.45, 7) is 0. The molecule has 0 aliphatic heterocycles. The van der Waals surface area contributed by atoms with Crippen LogP contribution < -0.4 is 0 Å². The van der Waals surface area contributed by atoms with E-state index in [9.17, 15) is 22.4 Å². The Bertz CT molecular complexity index is 382. The molecule has 0 aliphatic carbocycles. The fraction of sp³-hybridized carbons (Fsp3) is 0.143. The quantitative estimate of drug-likeness (QED) is 0.574. The highest BCUT2D eigenvalue weighted by Gasteiger charge is 2.23. The molecule has 1 rings (SSSR count). The second-order valence-corrected chi connectivity index (χ2v) is 2.60. The molecule has 0 aliphatic rings. The van der Waals surface area contributed by atoms with E-state index in [0.29, 0.717) is 6.20 Å². The maximum absolute atomic E-state index is 12.8. The molecule has 0 fully saturated rings. The Kier molecular flexibility index (Phi) is 3.05. The van der Waals surface area contributed by atoms with Crippen LogP contribution in [0.5, 0.6) is 0 Å². The largest absolute Gasteiger partial charge is 0.283 e. The first kappa shape index (κ1) is 10.9. The van der Waals surface area contributed by atoms with Crippen molar-refractivity contribution < 1.29 is 22.4 Å². The molecule has 0 atom stereocenters. The van der Waals surface area contributed by atoms with E-state index in [1.165, 1.54) is 0 Å². The third-order valence-electron chi connectivity index (χ3n) is 1.41. The van der Waals surface area contributed by atoms with Crippen LogP contribution in [-0.4, -0.2) is 10.2 Å². The second-order valence-electron chi connectivity index (χ2n) is 2.26. The lowest BCUT2D eigenvalue weighted by Crippen LogP contribution is -2.05. The molecule has 76 valence electrons. The van der Waals surface area contributed by atoms with E-state index in [-0.39, 0.29) is 0 Å². The number of hydrogen-bond acceptors (Lipinski definition) is 2. The van der Waals surface area contributed by atoms with Crippen LogP contribution in [0.3, 0.4) is 0 Å². The SMILES string of the molecule is O=C(Cl)c1cnc(C(F)F)c(F)c1F. The summed E-state index contributed by atoms with van der Waals surface area (Å²) in [4.78, 5) is 13.3. The van der Waals surface area contributed by atoms with Crippen LogP contribution in [0.15, 0.2) is 6.20 Å².